The first-order chi connectivity index (χ1) is 5.04. The third-order valence-corrected chi connectivity index (χ3v) is 2.98. The molecule has 1 rings (SSSR count). The average molecular weight is 171 g/mol. The van der Waals surface area contributed by atoms with Gasteiger partial charge in [0.1, 0.15) is 7.05 Å². The van der Waals surface area contributed by atoms with Crippen LogP contribution in [0, 0.1) is 13.8 Å². The SMILES string of the molecule is Cc1sc(C(=O)[O-])[n+](C)c1C. The number of rotatable bonds is 1. The molecule has 0 aliphatic carbocycles. The van der Waals surface area contributed by atoms with Crippen molar-refractivity contribution in [2.75, 3.05) is 0 Å². The molecule has 0 saturated carbocycles. The van der Waals surface area contributed by atoms with Crippen molar-refractivity contribution in [3.8, 4) is 0 Å². The molecule has 0 aliphatic heterocycles. The zero-order valence-electron chi connectivity index (χ0n) is 6.67. The van der Waals surface area contributed by atoms with E-state index in [1.807, 2.05) is 13.8 Å². The number of aryl methyl sites for hydroxylation is 1. The molecule has 0 atom stereocenters. The second kappa shape index (κ2) is 2.62. The zero-order chi connectivity index (χ0) is 8.59. The van der Waals surface area contributed by atoms with Crippen molar-refractivity contribution < 1.29 is 14.5 Å². The Morgan fingerprint density at radius 2 is 2.09 bits per heavy atom. The van der Waals surface area contributed by atoms with Gasteiger partial charge in [0, 0.05) is 6.92 Å². The number of carbonyl (C=O) groups excluding carboxylic acids is 1. The van der Waals surface area contributed by atoms with Gasteiger partial charge in [-0.05, 0) is 6.92 Å². The van der Waals surface area contributed by atoms with Gasteiger partial charge in [0.05, 0.1) is 4.88 Å². The molecule has 0 N–H and O–H groups in total. The van der Waals surface area contributed by atoms with Crippen LogP contribution in [0.1, 0.15) is 20.4 Å². The van der Waals surface area contributed by atoms with Crippen molar-refractivity contribution in [3.05, 3.63) is 15.6 Å². The molecule has 0 bridgehead atoms. The molecular formula is C7H9NO2S. The highest BCUT2D eigenvalue weighted by atomic mass is 32.1. The maximum atomic E-state index is 10.5. The van der Waals surface area contributed by atoms with Gasteiger partial charge in [-0.3, -0.25) is 0 Å². The number of carboxylic acid groups (broad SMARTS) is 1. The summed E-state index contributed by atoms with van der Waals surface area (Å²) in [5, 5.41) is 10.7. The van der Waals surface area contributed by atoms with E-state index in [0.717, 1.165) is 10.6 Å². The highest BCUT2D eigenvalue weighted by Gasteiger charge is 2.17. The second-order valence-corrected chi connectivity index (χ2v) is 3.60. The van der Waals surface area contributed by atoms with Crippen LogP contribution >= 0.6 is 11.3 Å². The third kappa shape index (κ3) is 1.26. The average Bonchev–Trinajstić information content (AvgIpc) is 2.17. The van der Waals surface area contributed by atoms with Crippen molar-refractivity contribution in [1.29, 1.82) is 0 Å². The van der Waals surface area contributed by atoms with Gasteiger partial charge in [0.25, 0.3) is 5.01 Å². The van der Waals surface area contributed by atoms with Crippen LogP contribution in [0.4, 0.5) is 0 Å². The van der Waals surface area contributed by atoms with Crippen LogP contribution in [0.3, 0.4) is 0 Å². The van der Waals surface area contributed by atoms with E-state index in [2.05, 4.69) is 0 Å². The fourth-order valence-corrected chi connectivity index (χ4v) is 1.79. The topological polar surface area (TPSA) is 44.0 Å². The molecule has 0 aromatic carbocycles. The summed E-state index contributed by atoms with van der Waals surface area (Å²) in [5.74, 6) is -1.10. The zero-order valence-corrected chi connectivity index (χ0v) is 7.49. The van der Waals surface area contributed by atoms with Crippen LogP contribution in [0.5, 0.6) is 0 Å². The molecule has 0 saturated heterocycles. The number of nitrogens with zero attached hydrogens (tertiary/aromatic N) is 1. The van der Waals surface area contributed by atoms with Crippen molar-refractivity contribution >= 4 is 17.3 Å². The lowest BCUT2D eigenvalue weighted by Gasteiger charge is -1.91. The van der Waals surface area contributed by atoms with Gasteiger partial charge < -0.3 is 9.90 Å². The van der Waals surface area contributed by atoms with E-state index in [-0.39, 0.29) is 5.01 Å². The van der Waals surface area contributed by atoms with Crippen LogP contribution in [0.15, 0.2) is 0 Å². The molecule has 0 amide bonds. The maximum Gasteiger partial charge on any atom is 0.285 e. The Morgan fingerprint density at radius 1 is 1.55 bits per heavy atom. The van der Waals surface area contributed by atoms with E-state index in [9.17, 15) is 9.90 Å². The minimum Gasteiger partial charge on any atom is -0.539 e. The summed E-state index contributed by atoms with van der Waals surface area (Å²) in [6.45, 7) is 3.78. The number of carbonyl (C=O) groups is 1. The monoisotopic (exact) mass is 171 g/mol. The lowest BCUT2D eigenvalue weighted by molar-refractivity contribution is -0.677. The number of aromatic nitrogens is 1. The molecule has 1 heterocycles. The molecule has 0 fully saturated rings. The Balaban J connectivity index is 3.29. The molecule has 0 spiro atoms. The fraction of sp³-hybridized carbons (Fsp3) is 0.429. The van der Waals surface area contributed by atoms with Gasteiger partial charge in [-0.1, -0.05) is 11.3 Å². The summed E-state index contributed by atoms with van der Waals surface area (Å²) in [6.07, 6.45) is 0. The summed E-state index contributed by atoms with van der Waals surface area (Å²) in [5.41, 5.74) is 0.981. The molecule has 0 radical (unpaired) electrons. The lowest BCUT2D eigenvalue weighted by Crippen LogP contribution is -2.40. The van der Waals surface area contributed by atoms with Crippen LogP contribution < -0.4 is 9.67 Å². The van der Waals surface area contributed by atoms with E-state index in [1.165, 1.54) is 11.3 Å². The summed E-state index contributed by atoms with van der Waals surface area (Å²) >= 11 is 1.25. The summed E-state index contributed by atoms with van der Waals surface area (Å²) in [7, 11) is 1.73. The van der Waals surface area contributed by atoms with Crippen molar-refractivity contribution in [3.63, 3.8) is 0 Å². The highest BCUT2D eigenvalue weighted by Crippen LogP contribution is 2.12. The predicted molar refractivity (Wildman–Crippen MR) is 39.3 cm³/mol. The number of aromatic carboxylic acids is 1. The third-order valence-electron chi connectivity index (χ3n) is 1.74. The summed E-state index contributed by atoms with van der Waals surface area (Å²) in [4.78, 5) is 11.5. The number of carboxylic acids is 1. The van der Waals surface area contributed by atoms with E-state index in [4.69, 9.17) is 0 Å². The Labute approximate surface area is 68.9 Å². The fourth-order valence-electron chi connectivity index (χ4n) is 0.854. The molecule has 4 heteroatoms. The maximum absolute atomic E-state index is 10.5. The first-order valence-electron chi connectivity index (χ1n) is 3.21. The Kier molecular flexibility index (Phi) is 1.95. The molecule has 1 aromatic rings. The minimum atomic E-state index is -1.10. The van der Waals surface area contributed by atoms with Crippen LogP contribution in [-0.4, -0.2) is 5.97 Å². The molecule has 11 heavy (non-hydrogen) atoms. The van der Waals surface area contributed by atoms with Gasteiger partial charge in [-0.15, -0.1) is 0 Å². The first-order valence-corrected chi connectivity index (χ1v) is 4.03. The molecular weight excluding hydrogens is 162 g/mol. The van der Waals surface area contributed by atoms with Gasteiger partial charge in [-0.2, -0.15) is 4.57 Å². The largest absolute Gasteiger partial charge is 0.539 e. The molecule has 0 aliphatic rings. The van der Waals surface area contributed by atoms with Crippen LogP contribution in [0.2, 0.25) is 0 Å². The lowest BCUT2D eigenvalue weighted by atomic mass is 10.4. The second-order valence-electron chi connectivity index (χ2n) is 2.40. The van der Waals surface area contributed by atoms with Gasteiger partial charge in [0.2, 0.25) is 0 Å². The van der Waals surface area contributed by atoms with E-state index in [1.54, 1.807) is 11.6 Å². The number of thiazole rings is 1. The van der Waals surface area contributed by atoms with E-state index >= 15 is 0 Å². The standard InChI is InChI=1S/C7H9NO2S/c1-4-5(2)11-6(7(9)10)8(4)3/h1-3H3. The number of hydrogen-bond acceptors (Lipinski definition) is 3. The summed E-state index contributed by atoms with van der Waals surface area (Å²) < 4.78 is 1.63. The van der Waals surface area contributed by atoms with Gasteiger partial charge in [0.15, 0.2) is 11.7 Å². The first kappa shape index (κ1) is 8.20. The molecule has 1 aromatic heterocycles. The molecule has 60 valence electrons. The van der Waals surface area contributed by atoms with Crippen molar-refractivity contribution in [2.24, 2.45) is 7.05 Å². The smallest absolute Gasteiger partial charge is 0.285 e. The minimum absolute atomic E-state index is 0.278. The quantitative estimate of drug-likeness (QED) is 0.537. The Bertz CT molecular complexity index is 304. The van der Waals surface area contributed by atoms with E-state index in [0.29, 0.717) is 0 Å². The van der Waals surface area contributed by atoms with Crippen LogP contribution in [0.25, 0.3) is 0 Å². The van der Waals surface area contributed by atoms with Gasteiger partial charge >= 0.3 is 0 Å². The van der Waals surface area contributed by atoms with E-state index < -0.39 is 5.97 Å². The predicted octanol–water partition coefficient (Wildman–Crippen LogP) is -0.447. The van der Waals surface area contributed by atoms with Crippen molar-refractivity contribution in [2.45, 2.75) is 13.8 Å². The number of hydrogen-bond donors (Lipinski definition) is 0. The summed E-state index contributed by atoms with van der Waals surface area (Å²) in [6, 6.07) is 0. The Hall–Kier alpha value is -0.900. The molecule has 0 unspecified atom stereocenters. The van der Waals surface area contributed by atoms with Gasteiger partial charge in [-0.25, -0.2) is 0 Å². The van der Waals surface area contributed by atoms with Crippen molar-refractivity contribution in [1.82, 2.24) is 0 Å². The highest BCUT2D eigenvalue weighted by molar-refractivity contribution is 7.13. The normalized spacial score (nSPS) is 10.1. The molecule has 3 nitrogen and oxygen atoms in total. The Morgan fingerprint density at radius 3 is 2.27 bits per heavy atom. The van der Waals surface area contributed by atoms with Crippen LogP contribution in [-0.2, 0) is 7.05 Å².